The molecule has 0 aliphatic rings. The van der Waals surface area contributed by atoms with Crippen molar-refractivity contribution in [2.45, 2.75) is 6.54 Å². The number of amides is 1. The van der Waals surface area contributed by atoms with Gasteiger partial charge in [0.05, 0.1) is 0 Å². The number of nitrogens with zero attached hydrogens (tertiary/aromatic N) is 3. The molecule has 2 aromatic heterocycles. The van der Waals surface area contributed by atoms with Gasteiger partial charge < -0.3 is 10.2 Å². The number of rotatable bonds is 4. The van der Waals surface area contributed by atoms with Crippen molar-refractivity contribution >= 4 is 23.3 Å². The molecule has 5 nitrogen and oxygen atoms in total. The summed E-state index contributed by atoms with van der Waals surface area (Å²) in [5.41, 5.74) is 1.24. The van der Waals surface area contributed by atoms with Crippen molar-refractivity contribution in [3.63, 3.8) is 0 Å². The Balaban J connectivity index is 2.07. The van der Waals surface area contributed by atoms with Crippen LogP contribution in [0, 0.1) is 0 Å². The number of carbonyl (C=O) groups is 1. The minimum atomic E-state index is -0.263. The third kappa shape index (κ3) is 3.45. The summed E-state index contributed by atoms with van der Waals surface area (Å²) >= 11 is 5.84. The molecule has 20 heavy (non-hydrogen) atoms. The molecule has 0 atom stereocenters. The van der Waals surface area contributed by atoms with Gasteiger partial charge in [-0.15, -0.1) is 0 Å². The van der Waals surface area contributed by atoms with E-state index in [9.17, 15) is 4.79 Å². The molecule has 0 saturated carbocycles. The van der Waals surface area contributed by atoms with Crippen molar-refractivity contribution < 1.29 is 4.79 Å². The first-order valence-corrected chi connectivity index (χ1v) is 6.46. The van der Waals surface area contributed by atoms with Crippen LogP contribution >= 0.6 is 11.6 Å². The van der Waals surface area contributed by atoms with Crippen molar-refractivity contribution in [3.8, 4) is 0 Å². The third-order valence-corrected chi connectivity index (χ3v) is 2.92. The normalized spacial score (nSPS) is 10.2. The van der Waals surface area contributed by atoms with E-state index >= 15 is 0 Å². The standard InChI is InChI=1S/C14H15ClN4O/c1-19(2)13-10(4-3-6-17-13)9-18-14(20)12-8-11(15)5-7-16-12/h3-8H,9H2,1-2H3,(H,18,20). The summed E-state index contributed by atoms with van der Waals surface area (Å²) in [4.78, 5) is 22.2. The summed E-state index contributed by atoms with van der Waals surface area (Å²) in [5.74, 6) is 0.563. The van der Waals surface area contributed by atoms with Crippen LogP contribution in [0.2, 0.25) is 5.02 Å². The molecule has 0 spiro atoms. The van der Waals surface area contributed by atoms with E-state index in [-0.39, 0.29) is 5.91 Å². The Morgan fingerprint density at radius 3 is 2.80 bits per heavy atom. The lowest BCUT2D eigenvalue weighted by molar-refractivity contribution is 0.0946. The first-order valence-electron chi connectivity index (χ1n) is 6.09. The number of nitrogens with one attached hydrogen (secondary N) is 1. The Labute approximate surface area is 122 Å². The van der Waals surface area contributed by atoms with E-state index < -0.39 is 0 Å². The Hall–Kier alpha value is -2.14. The quantitative estimate of drug-likeness (QED) is 0.937. The molecule has 2 rings (SSSR count). The molecule has 0 aliphatic carbocycles. The predicted octanol–water partition coefficient (Wildman–Crippen LogP) is 2.13. The average molecular weight is 291 g/mol. The van der Waals surface area contributed by atoms with Gasteiger partial charge in [0, 0.05) is 43.6 Å². The van der Waals surface area contributed by atoms with Gasteiger partial charge in [-0.1, -0.05) is 17.7 Å². The van der Waals surface area contributed by atoms with E-state index in [0.29, 0.717) is 17.3 Å². The van der Waals surface area contributed by atoms with Crippen LogP contribution in [0.5, 0.6) is 0 Å². The lowest BCUT2D eigenvalue weighted by atomic mass is 10.2. The van der Waals surface area contributed by atoms with Crippen LogP contribution in [-0.2, 0) is 6.54 Å². The van der Waals surface area contributed by atoms with Crippen LogP contribution in [-0.4, -0.2) is 30.0 Å². The monoisotopic (exact) mass is 290 g/mol. The Morgan fingerprint density at radius 2 is 2.10 bits per heavy atom. The van der Waals surface area contributed by atoms with Crippen LogP contribution in [0.3, 0.4) is 0 Å². The van der Waals surface area contributed by atoms with Gasteiger partial charge in [0.25, 0.3) is 5.91 Å². The van der Waals surface area contributed by atoms with Crippen molar-refractivity contribution in [2.24, 2.45) is 0 Å². The molecule has 0 aliphatic heterocycles. The topological polar surface area (TPSA) is 58.1 Å². The number of halogens is 1. The van der Waals surface area contributed by atoms with Crippen molar-refractivity contribution in [1.82, 2.24) is 15.3 Å². The maximum Gasteiger partial charge on any atom is 0.270 e. The largest absolute Gasteiger partial charge is 0.362 e. The highest BCUT2D eigenvalue weighted by atomic mass is 35.5. The summed E-state index contributed by atoms with van der Waals surface area (Å²) in [5, 5.41) is 3.30. The smallest absolute Gasteiger partial charge is 0.270 e. The Kier molecular flexibility index (Phi) is 4.53. The fraction of sp³-hybridized carbons (Fsp3) is 0.214. The van der Waals surface area contributed by atoms with Crippen LogP contribution in [0.15, 0.2) is 36.7 Å². The molecule has 0 aromatic carbocycles. The Bertz CT molecular complexity index is 616. The zero-order valence-corrected chi connectivity index (χ0v) is 12.1. The van der Waals surface area contributed by atoms with Crippen molar-refractivity contribution in [2.75, 3.05) is 19.0 Å². The van der Waals surface area contributed by atoms with Gasteiger partial charge in [-0.25, -0.2) is 4.98 Å². The maximum absolute atomic E-state index is 12.0. The molecule has 0 radical (unpaired) electrons. The van der Waals surface area contributed by atoms with E-state index in [1.54, 1.807) is 12.3 Å². The number of aromatic nitrogens is 2. The second kappa shape index (κ2) is 6.34. The second-order valence-electron chi connectivity index (χ2n) is 4.42. The first-order chi connectivity index (χ1) is 9.58. The van der Waals surface area contributed by atoms with Gasteiger partial charge in [-0.3, -0.25) is 9.78 Å². The maximum atomic E-state index is 12.0. The molecule has 6 heteroatoms. The molecular weight excluding hydrogens is 276 g/mol. The summed E-state index contributed by atoms with van der Waals surface area (Å²) in [6.45, 7) is 0.383. The highest BCUT2D eigenvalue weighted by molar-refractivity contribution is 6.30. The molecule has 2 heterocycles. The molecule has 2 aromatic rings. The molecule has 0 unspecified atom stereocenters. The molecule has 0 bridgehead atoms. The molecule has 1 amide bonds. The lowest BCUT2D eigenvalue weighted by Gasteiger charge is -2.16. The minimum absolute atomic E-state index is 0.263. The van der Waals surface area contributed by atoms with Gasteiger partial charge in [0.1, 0.15) is 11.5 Å². The average Bonchev–Trinajstić information content (AvgIpc) is 2.45. The summed E-state index contributed by atoms with van der Waals surface area (Å²) in [6, 6.07) is 6.93. The highest BCUT2D eigenvalue weighted by Gasteiger charge is 2.10. The van der Waals surface area contributed by atoms with E-state index in [0.717, 1.165) is 11.4 Å². The molecule has 0 fully saturated rings. The SMILES string of the molecule is CN(C)c1ncccc1CNC(=O)c1cc(Cl)ccn1. The zero-order chi connectivity index (χ0) is 14.5. The first kappa shape index (κ1) is 14.3. The van der Waals surface area contributed by atoms with E-state index in [1.165, 1.54) is 12.3 Å². The third-order valence-electron chi connectivity index (χ3n) is 2.69. The molecule has 0 saturated heterocycles. The summed E-state index contributed by atoms with van der Waals surface area (Å²) < 4.78 is 0. The van der Waals surface area contributed by atoms with E-state index in [4.69, 9.17) is 11.6 Å². The lowest BCUT2D eigenvalue weighted by Crippen LogP contribution is -2.25. The van der Waals surface area contributed by atoms with Gasteiger partial charge in [-0.2, -0.15) is 0 Å². The van der Waals surface area contributed by atoms with Gasteiger partial charge >= 0.3 is 0 Å². The number of anilines is 1. The summed E-state index contributed by atoms with van der Waals surface area (Å²) in [6.07, 6.45) is 3.23. The number of hydrogen-bond acceptors (Lipinski definition) is 4. The van der Waals surface area contributed by atoms with Crippen LogP contribution in [0.4, 0.5) is 5.82 Å². The fourth-order valence-electron chi connectivity index (χ4n) is 1.77. The van der Waals surface area contributed by atoms with Crippen LogP contribution in [0.1, 0.15) is 16.1 Å². The number of hydrogen-bond donors (Lipinski definition) is 1. The van der Waals surface area contributed by atoms with E-state index in [1.807, 2.05) is 31.1 Å². The van der Waals surface area contributed by atoms with E-state index in [2.05, 4.69) is 15.3 Å². The van der Waals surface area contributed by atoms with Crippen LogP contribution < -0.4 is 10.2 Å². The second-order valence-corrected chi connectivity index (χ2v) is 4.86. The Morgan fingerprint density at radius 1 is 1.30 bits per heavy atom. The summed E-state index contributed by atoms with van der Waals surface area (Å²) in [7, 11) is 3.82. The number of carbonyl (C=O) groups excluding carboxylic acids is 1. The predicted molar refractivity (Wildman–Crippen MR) is 79.0 cm³/mol. The van der Waals surface area contributed by atoms with Gasteiger partial charge in [0.15, 0.2) is 0 Å². The van der Waals surface area contributed by atoms with Crippen LogP contribution in [0.25, 0.3) is 0 Å². The molecule has 1 N–H and O–H groups in total. The zero-order valence-electron chi connectivity index (χ0n) is 11.3. The highest BCUT2D eigenvalue weighted by Crippen LogP contribution is 2.14. The number of pyridine rings is 2. The molecular formula is C14H15ClN4O. The van der Waals surface area contributed by atoms with Gasteiger partial charge in [0.2, 0.25) is 0 Å². The van der Waals surface area contributed by atoms with Crippen molar-refractivity contribution in [1.29, 1.82) is 0 Å². The van der Waals surface area contributed by atoms with Gasteiger partial charge in [-0.05, 0) is 18.2 Å². The molecule has 104 valence electrons. The fourth-order valence-corrected chi connectivity index (χ4v) is 1.93. The minimum Gasteiger partial charge on any atom is -0.362 e. The van der Waals surface area contributed by atoms with Crippen molar-refractivity contribution in [3.05, 3.63) is 52.9 Å².